The van der Waals surface area contributed by atoms with Crippen molar-refractivity contribution < 1.29 is 13.9 Å². The van der Waals surface area contributed by atoms with Crippen LogP contribution in [0.25, 0.3) is 0 Å². The van der Waals surface area contributed by atoms with Crippen molar-refractivity contribution in [1.29, 1.82) is 0 Å². The lowest BCUT2D eigenvalue weighted by Crippen LogP contribution is -2.58. The van der Waals surface area contributed by atoms with Crippen molar-refractivity contribution in [3.05, 3.63) is 35.6 Å². The number of piperidine rings is 1. The Bertz CT molecular complexity index is 605. The van der Waals surface area contributed by atoms with E-state index in [1.54, 1.807) is 6.07 Å². The molecule has 1 unspecified atom stereocenters. The normalized spacial score (nSPS) is 30.2. The van der Waals surface area contributed by atoms with Crippen LogP contribution in [-0.2, 0) is 9.53 Å². The molecule has 1 amide bonds. The van der Waals surface area contributed by atoms with E-state index in [1.807, 2.05) is 24.8 Å². The second-order valence-corrected chi connectivity index (χ2v) is 7.69. The Morgan fingerprint density at radius 1 is 1.42 bits per heavy atom. The van der Waals surface area contributed by atoms with Crippen molar-refractivity contribution >= 4 is 5.91 Å². The molecule has 3 atom stereocenters. The van der Waals surface area contributed by atoms with E-state index in [0.717, 1.165) is 24.9 Å². The number of nitrogens with zero attached hydrogens (tertiary/aromatic N) is 1. The van der Waals surface area contributed by atoms with E-state index >= 15 is 0 Å². The van der Waals surface area contributed by atoms with Gasteiger partial charge in [-0.1, -0.05) is 12.1 Å². The molecule has 2 aliphatic rings. The first-order chi connectivity index (χ1) is 11.4. The van der Waals surface area contributed by atoms with Gasteiger partial charge in [0.05, 0.1) is 18.7 Å². The van der Waals surface area contributed by atoms with Gasteiger partial charge >= 0.3 is 0 Å². The van der Waals surface area contributed by atoms with Crippen LogP contribution in [0.15, 0.2) is 24.3 Å². The summed E-state index contributed by atoms with van der Waals surface area (Å²) in [6.45, 7) is 8.03. The summed E-state index contributed by atoms with van der Waals surface area (Å²) < 4.78 is 19.5. The number of halogens is 1. The summed E-state index contributed by atoms with van der Waals surface area (Å²) in [6.07, 6.45) is 1.48. The molecule has 2 saturated heterocycles. The zero-order valence-electron chi connectivity index (χ0n) is 14.7. The summed E-state index contributed by atoms with van der Waals surface area (Å²) in [6, 6.07) is 6.85. The summed E-state index contributed by atoms with van der Waals surface area (Å²) in [7, 11) is 0. The standard InChI is InChI=1S/C19H27FN2O2/c1-13-9-15(7-8-21-13)18(23)22-11-17(24-12-19(22,2)3)14-5-4-6-16(20)10-14/h4-6,10,13,15,17,21H,7-9,11-12H2,1-3H3/t13-,15-,17?/m0/s1. The predicted molar refractivity (Wildman–Crippen MR) is 91.1 cm³/mol. The van der Waals surface area contributed by atoms with Gasteiger partial charge in [0.25, 0.3) is 0 Å². The summed E-state index contributed by atoms with van der Waals surface area (Å²) in [5.41, 5.74) is 0.455. The first-order valence-electron chi connectivity index (χ1n) is 8.79. The highest BCUT2D eigenvalue weighted by Gasteiger charge is 2.41. The Kier molecular flexibility index (Phi) is 4.92. The topological polar surface area (TPSA) is 41.6 Å². The first kappa shape index (κ1) is 17.4. The van der Waals surface area contributed by atoms with Crippen molar-refractivity contribution in [2.45, 2.75) is 51.3 Å². The molecule has 0 radical (unpaired) electrons. The van der Waals surface area contributed by atoms with Gasteiger partial charge in [-0.2, -0.15) is 0 Å². The molecular formula is C19H27FN2O2. The maximum absolute atomic E-state index is 13.5. The molecule has 4 nitrogen and oxygen atoms in total. The number of hydrogen-bond donors (Lipinski definition) is 1. The minimum Gasteiger partial charge on any atom is -0.369 e. The van der Waals surface area contributed by atoms with Crippen molar-refractivity contribution in [2.75, 3.05) is 19.7 Å². The summed E-state index contributed by atoms with van der Waals surface area (Å²) >= 11 is 0. The third-order valence-corrected chi connectivity index (χ3v) is 5.18. The van der Waals surface area contributed by atoms with Crippen LogP contribution in [0.2, 0.25) is 0 Å². The Morgan fingerprint density at radius 2 is 2.21 bits per heavy atom. The van der Waals surface area contributed by atoms with E-state index in [0.29, 0.717) is 19.2 Å². The average Bonchev–Trinajstić information content (AvgIpc) is 2.54. The molecule has 3 rings (SSSR count). The maximum atomic E-state index is 13.5. The van der Waals surface area contributed by atoms with Gasteiger partial charge in [0.1, 0.15) is 11.9 Å². The summed E-state index contributed by atoms with van der Waals surface area (Å²) in [5.74, 6) is -0.00386. The van der Waals surface area contributed by atoms with E-state index < -0.39 is 0 Å². The molecule has 2 heterocycles. The highest BCUT2D eigenvalue weighted by Crippen LogP contribution is 2.33. The molecule has 132 valence electrons. The number of ether oxygens (including phenoxy) is 1. The van der Waals surface area contributed by atoms with Gasteiger partial charge in [-0.15, -0.1) is 0 Å². The smallest absolute Gasteiger partial charge is 0.226 e. The number of benzene rings is 1. The number of morpholine rings is 1. The maximum Gasteiger partial charge on any atom is 0.226 e. The molecule has 24 heavy (non-hydrogen) atoms. The summed E-state index contributed by atoms with van der Waals surface area (Å²) in [5, 5.41) is 3.39. The van der Waals surface area contributed by atoms with Gasteiger partial charge in [-0.25, -0.2) is 4.39 Å². The highest BCUT2D eigenvalue weighted by molar-refractivity contribution is 5.80. The van der Waals surface area contributed by atoms with Crippen LogP contribution in [0.1, 0.15) is 45.3 Å². The van der Waals surface area contributed by atoms with Gasteiger partial charge in [0, 0.05) is 12.0 Å². The Hall–Kier alpha value is -1.46. The SMILES string of the molecule is C[C@H]1C[C@@H](C(=O)N2CC(c3cccc(F)c3)OCC2(C)C)CCN1. The van der Waals surface area contributed by atoms with Crippen LogP contribution in [0.3, 0.4) is 0 Å². The van der Waals surface area contributed by atoms with Crippen molar-refractivity contribution in [3.63, 3.8) is 0 Å². The quantitative estimate of drug-likeness (QED) is 0.904. The molecule has 1 aromatic carbocycles. The van der Waals surface area contributed by atoms with Crippen LogP contribution >= 0.6 is 0 Å². The second kappa shape index (κ2) is 6.81. The summed E-state index contributed by atoms with van der Waals surface area (Å²) in [4.78, 5) is 15.1. The molecule has 0 aromatic heterocycles. The van der Waals surface area contributed by atoms with Crippen LogP contribution in [-0.4, -0.2) is 42.1 Å². The minimum atomic E-state index is -0.338. The van der Waals surface area contributed by atoms with E-state index in [-0.39, 0.29) is 29.3 Å². The molecule has 5 heteroatoms. The number of carbonyl (C=O) groups excluding carboxylic acids is 1. The fourth-order valence-corrected chi connectivity index (χ4v) is 3.72. The van der Waals surface area contributed by atoms with Gasteiger partial charge in [-0.3, -0.25) is 4.79 Å². The number of carbonyl (C=O) groups is 1. The van der Waals surface area contributed by atoms with Crippen molar-refractivity contribution in [3.8, 4) is 0 Å². The fourth-order valence-electron chi connectivity index (χ4n) is 3.72. The average molecular weight is 334 g/mol. The first-order valence-corrected chi connectivity index (χ1v) is 8.79. The molecule has 2 aliphatic heterocycles. The van der Waals surface area contributed by atoms with Crippen LogP contribution in [0.5, 0.6) is 0 Å². The molecule has 0 bridgehead atoms. The Morgan fingerprint density at radius 3 is 2.92 bits per heavy atom. The zero-order valence-corrected chi connectivity index (χ0v) is 14.7. The zero-order chi connectivity index (χ0) is 17.3. The van der Waals surface area contributed by atoms with Crippen LogP contribution in [0, 0.1) is 11.7 Å². The Labute approximate surface area is 143 Å². The number of amides is 1. The Balaban J connectivity index is 1.77. The van der Waals surface area contributed by atoms with Crippen LogP contribution < -0.4 is 5.32 Å². The predicted octanol–water partition coefficient (Wildman–Crippen LogP) is 2.89. The molecular weight excluding hydrogens is 307 g/mol. The largest absolute Gasteiger partial charge is 0.369 e. The van der Waals surface area contributed by atoms with Crippen LogP contribution in [0.4, 0.5) is 4.39 Å². The van der Waals surface area contributed by atoms with Gasteiger partial charge in [-0.05, 0) is 57.9 Å². The van der Waals surface area contributed by atoms with E-state index in [9.17, 15) is 9.18 Å². The number of rotatable bonds is 2. The van der Waals surface area contributed by atoms with Gasteiger partial charge in [0.2, 0.25) is 5.91 Å². The number of hydrogen-bond acceptors (Lipinski definition) is 3. The number of nitrogens with one attached hydrogen (secondary N) is 1. The van der Waals surface area contributed by atoms with Crippen molar-refractivity contribution in [2.24, 2.45) is 5.92 Å². The van der Waals surface area contributed by atoms with Gasteiger partial charge in [0.15, 0.2) is 0 Å². The highest BCUT2D eigenvalue weighted by atomic mass is 19.1. The minimum absolute atomic E-state index is 0.0618. The molecule has 1 N–H and O–H groups in total. The molecule has 1 aromatic rings. The lowest BCUT2D eigenvalue weighted by Gasteiger charge is -2.47. The molecule has 0 saturated carbocycles. The lowest BCUT2D eigenvalue weighted by molar-refractivity contribution is -0.160. The molecule has 0 spiro atoms. The lowest BCUT2D eigenvalue weighted by atomic mass is 9.89. The van der Waals surface area contributed by atoms with Gasteiger partial charge < -0.3 is 15.0 Å². The van der Waals surface area contributed by atoms with E-state index in [4.69, 9.17) is 4.74 Å². The fraction of sp³-hybridized carbons (Fsp3) is 0.632. The second-order valence-electron chi connectivity index (χ2n) is 7.69. The van der Waals surface area contributed by atoms with Crippen molar-refractivity contribution in [1.82, 2.24) is 10.2 Å². The third kappa shape index (κ3) is 3.62. The molecule has 0 aliphatic carbocycles. The van der Waals surface area contributed by atoms with E-state index in [2.05, 4.69) is 12.2 Å². The molecule has 2 fully saturated rings. The third-order valence-electron chi connectivity index (χ3n) is 5.18. The monoisotopic (exact) mass is 334 g/mol. The van der Waals surface area contributed by atoms with E-state index in [1.165, 1.54) is 12.1 Å².